The van der Waals surface area contributed by atoms with Crippen LogP contribution in [-0.4, -0.2) is 9.97 Å². The van der Waals surface area contributed by atoms with Crippen molar-refractivity contribution in [2.45, 2.75) is 65.2 Å². The molecule has 0 radical (unpaired) electrons. The molecule has 0 atom stereocenters. The maximum atomic E-state index is 6.08. The van der Waals surface area contributed by atoms with Crippen molar-refractivity contribution in [3.63, 3.8) is 0 Å². The van der Waals surface area contributed by atoms with Crippen LogP contribution in [0.2, 0.25) is 0 Å². The molecule has 0 saturated heterocycles. The van der Waals surface area contributed by atoms with E-state index < -0.39 is 0 Å². The molecule has 0 unspecified atom stereocenters. The van der Waals surface area contributed by atoms with Gasteiger partial charge in [-0.25, -0.2) is 9.97 Å². The van der Waals surface area contributed by atoms with Crippen molar-refractivity contribution >= 4 is 28.4 Å². The van der Waals surface area contributed by atoms with Crippen LogP contribution in [0.1, 0.15) is 70.3 Å². The molecule has 4 heteroatoms. The van der Waals surface area contributed by atoms with Gasteiger partial charge in [-0.3, -0.25) is 0 Å². The fourth-order valence-electron chi connectivity index (χ4n) is 3.16. The third kappa shape index (κ3) is 3.62. The smallest absolute Gasteiger partial charge is 0.140 e. The predicted octanol–water partition coefficient (Wildman–Crippen LogP) is 4.55. The Balaban J connectivity index is 2.13. The summed E-state index contributed by atoms with van der Waals surface area (Å²) in [5.74, 6) is 3.86. The molecule has 0 spiro atoms. The van der Waals surface area contributed by atoms with Crippen LogP contribution in [0.4, 0.5) is 5.82 Å². The summed E-state index contributed by atoms with van der Waals surface area (Å²) in [7, 11) is 0. The quantitative estimate of drug-likeness (QED) is 0.772. The number of rotatable bonds is 4. The average molecular weight is 387 g/mol. The highest BCUT2D eigenvalue weighted by Gasteiger charge is 2.26. The van der Waals surface area contributed by atoms with Gasteiger partial charge in [0.2, 0.25) is 0 Å². The number of halogens is 1. The van der Waals surface area contributed by atoms with Gasteiger partial charge in [-0.15, -0.1) is 0 Å². The van der Waals surface area contributed by atoms with Crippen LogP contribution in [0.25, 0.3) is 0 Å². The normalized spacial score (nSPS) is 23.2. The fourth-order valence-corrected chi connectivity index (χ4v) is 3.67. The largest absolute Gasteiger partial charge is 0.383 e. The molecule has 2 N–H and O–H groups in total. The molecule has 1 fully saturated rings. The first-order chi connectivity index (χ1) is 9.52. The molecular weight excluding hydrogens is 361 g/mol. The lowest BCUT2D eigenvalue weighted by Crippen LogP contribution is -2.20. The van der Waals surface area contributed by atoms with Crippen molar-refractivity contribution in [3.8, 4) is 0 Å². The van der Waals surface area contributed by atoms with E-state index >= 15 is 0 Å². The standard InChI is InChI=1S/C16H26IN3/c1-4-5-13-14(17)15(18)20-16(19-13)12-8-6-11(7-9-12)10(2)3/h10-12H,4-9H2,1-3H3,(H2,18,19,20). The Morgan fingerprint density at radius 1 is 1.20 bits per heavy atom. The van der Waals surface area contributed by atoms with E-state index in [0.29, 0.717) is 11.7 Å². The fraction of sp³-hybridized carbons (Fsp3) is 0.750. The van der Waals surface area contributed by atoms with Crippen molar-refractivity contribution in [1.82, 2.24) is 9.97 Å². The minimum Gasteiger partial charge on any atom is -0.383 e. The summed E-state index contributed by atoms with van der Waals surface area (Å²) in [4.78, 5) is 9.39. The molecule has 0 aliphatic heterocycles. The maximum Gasteiger partial charge on any atom is 0.140 e. The van der Waals surface area contributed by atoms with Gasteiger partial charge in [0.05, 0.1) is 9.26 Å². The lowest BCUT2D eigenvalue weighted by atomic mass is 9.76. The van der Waals surface area contributed by atoms with Gasteiger partial charge in [0, 0.05) is 5.92 Å². The van der Waals surface area contributed by atoms with Crippen molar-refractivity contribution in [2.75, 3.05) is 5.73 Å². The molecule has 1 aliphatic rings. The molecule has 0 amide bonds. The Bertz CT molecular complexity index is 451. The number of nitrogens with zero attached hydrogens (tertiary/aromatic N) is 2. The van der Waals surface area contributed by atoms with Gasteiger partial charge in [0.25, 0.3) is 0 Å². The minimum absolute atomic E-state index is 0.514. The Morgan fingerprint density at radius 2 is 1.85 bits per heavy atom. The molecule has 1 aromatic heterocycles. The van der Waals surface area contributed by atoms with Crippen LogP contribution in [0, 0.1) is 15.4 Å². The van der Waals surface area contributed by atoms with Crippen LogP contribution in [0.5, 0.6) is 0 Å². The SMILES string of the molecule is CCCc1nc(C2CCC(C(C)C)CC2)nc(N)c1I. The summed E-state index contributed by atoms with van der Waals surface area (Å²) >= 11 is 2.28. The average Bonchev–Trinajstić information content (AvgIpc) is 2.44. The molecule has 1 aliphatic carbocycles. The summed E-state index contributed by atoms with van der Waals surface area (Å²) in [5.41, 5.74) is 7.22. The van der Waals surface area contributed by atoms with E-state index in [0.717, 1.165) is 39.8 Å². The van der Waals surface area contributed by atoms with E-state index in [9.17, 15) is 0 Å². The molecule has 0 aromatic carbocycles. The number of hydrogen-bond donors (Lipinski definition) is 1. The van der Waals surface area contributed by atoms with Gasteiger partial charge in [-0.1, -0.05) is 27.2 Å². The minimum atomic E-state index is 0.514. The lowest BCUT2D eigenvalue weighted by Gasteiger charge is -2.30. The second kappa shape index (κ2) is 7.05. The summed E-state index contributed by atoms with van der Waals surface area (Å²) in [5, 5.41) is 0. The van der Waals surface area contributed by atoms with Gasteiger partial charge < -0.3 is 5.73 Å². The van der Waals surface area contributed by atoms with Crippen molar-refractivity contribution in [3.05, 3.63) is 15.1 Å². The number of aromatic nitrogens is 2. The second-order valence-corrected chi connectivity index (χ2v) is 7.41. The van der Waals surface area contributed by atoms with Crippen LogP contribution >= 0.6 is 22.6 Å². The summed E-state index contributed by atoms with van der Waals surface area (Å²) in [6.45, 7) is 6.86. The first-order valence-electron chi connectivity index (χ1n) is 7.84. The number of nitrogens with two attached hydrogens (primary N) is 1. The Labute approximate surface area is 136 Å². The zero-order chi connectivity index (χ0) is 14.7. The van der Waals surface area contributed by atoms with E-state index in [-0.39, 0.29) is 0 Å². The van der Waals surface area contributed by atoms with Crippen LogP contribution in [-0.2, 0) is 6.42 Å². The number of aryl methyl sites for hydroxylation is 1. The summed E-state index contributed by atoms with van der Waals surface area (Å²) in [6.07, 6.45) is 7.15. The van der Waals surface area contributed by atoms with Gasteiger partial charge in [0.15, 0.2) is 0 Å². The van der Waals surface area contributed by atoms with E-state index in [4.69, 9.17) is 10.7 Å². The van der Waals surface area contributed by atoms with E-state index in [1.165, 1.54) is 25.7 Å². The summed E-state index contributed by atoms with van der Waals surface area (Å²) < 4.78 is 1.05. The molecule has 0 bridgehead atoms. The van der Waals surface area contributed by atoms with Crippen LogP contribution < -0.4 is 5.73 Å². The predicted molar refractivity (Wildman–Crippen MR) is 92.7 cm³/mol. The Hall–Kier alpha value is -0.390. The molecule has 1 saturated carbocycles. The molecule has 20 heavy (non-hydrogen) atoms. The van der Waals surface area contributed by atoms with E-state index in [1.54, 1.807) is 0 Å². The zero-order valence-electron chi connectivity index (χ0n) is 12.8. The van der Waals surface area contributed by atoms with Gasteiger partial charge in [0.1, 0.15) is 11.6 Å². The molecule has 1 heterocycles. The number of anilines is 1. The topological polar surface area (TPSA) is 51.8 Å². The van der Waals surface area contributed by atoms with Crippen LogP contribution in [0.3, 0.4) is 0 Å². The third-order valence-corrected chi connectivity index (χ3v) is 5.70. The highest BCUT2D eigenvalue weighted by atomic mass is 127. The van der Waals surface area contributed by atoms with E-state index in [2.05, 4.69) is 48.3 Å². The van der Waals surface area contributed by atoms with E-state index in [1.807, 2.05) is 0 Å². The van der Waals surface area contributed by atoms with Crippen molar-refractivity contribution in [2.24, 2.45) is 11.8 Å². The number of hydrogen-bond acceptors (Lipinski definition) is 3. The molecule has 1 aromatic rings. The maximum absolute atomic E-state index is 6.08. The summed E-state index contributed by atoms with van der Waals surface area (Å²) in [6, 6.07) is 0. The Morgan fingerprint density at radius 3 is 2.40 bits per heavy atom. The number of nitrogen functional groups attached to an aromatic ring is 1. The van der Waals surface area contributed by atoms with Crippen molar-refractivity contribution < 1.29 is 0 Å². The molecule has 112 valence electrons. The lowest BCUT2D eigenvalue weighted by molar-refractivity contribution is 0.254. The first kappa shape index (κ1) is 16.0. The molecule has 2 rings (SSSR count). The highest BCUT2D eigenvalue weighted by molar-refractivity contribution is 14.1. The van der Waals surface area contributed by atoms with Gasteiger partial charge >= 0.3 is 0 Å². The van der Waals surface area contributed by atoms with Crippen LogP contribution in [0.15, 0.2) is 0 Å². The van der Waals surface area contributed by atoms with Gasteiger partial charge in [-0.2, -0.15) is 0 Å². The first-order valence-corrected chi connectivity index (χ1v) is 8.92. The highest BCUT2D eigenvalue weighted by Crippen LogP contribution is 2.38. The van der Waals surface area contributed by atoms with Crippen molar-refractivity contribution in [1.29, 1.82) is 0 Å². The van der Waals surface area contributed by atoms with Gasteiger partial charge in [-0.05, 0) is 66.5 Å². The third-order valence-electron chi connectivity index (χ3n) is 4.53. The zero-order valence-corrected chi connectivity index (χ0v) is 15.0. The molecular formula is C16H26IN3. The molecule has 3 nitrogen and oxygen atoms in total. The second-order valence-electron chi connectivity index (χ2n) is 6.33. The Kier molecular flexibility index (Phi) is 5.64. The monoisotopic (exact) mass is 387 g/mol.